The van der Waals surface area contributed by atoms with Gasteiger partial charge in [0, 0.05) is 5.56 Å². The summed E-state index contributed by atoms with van der Waals surface area (Å²) in [6.07, 6.45) is 0.565. The van der Waals surface area contributed by atoms with E-state index in [1.54, 1.807) is 30.3 Å². The number of aliphatic hydroxyl groups excluding tert-OH is 1. The molecule has 0 bridgehead atoms. The van der Waals surface area contributed by atoms with Gasteiger partial charge in [-0.2, -0.15) is 0 Å². The predicted molar refractivity (Wildman–Crippen MR) is 44.0 cm³/mol. The topological polar surface area (TPSA) is 63.4 Å². The van der Waals surface area contributed by atoms with Gasteiger partial charge in [-0.05, 0) is 0 Å². The number of aliphatic hydroxyl groups is 1. The summed E-state index contributed by atoms with van der Waals surface area (Å²) in [6, 6.07) is 8.34. The highest BCUT2D eigenvalue weighted by molar-refractivity contribution is 5.56. The molecule has 1 N–H and O–H groups in total. The number of hydrogen-bond donors (Lipinski definition) is 1. The molecule has 0 atom stereocenters. The summed E-state index contributed by atoms with van der Waals surface area (Å²) in [5.41, 5.74) is 0.439. The number of benzene rings is 1. The summed E-state index contributed by atoms with van der Waals surface area (Å²) in [5.74, 6) is -0.333. The largest absolute Gasteiger partial charge is 0.502 e. The van der Waals surface area contributed by atoms with Crippen molar-refractivity contribution in [1.29, 1.82) is 0 Å². The minimum Gasteiger partial charge on any atom is -0.502 e. The van der Waals surface area contributed by atoms with Crippen LogP contribution in [0.25, 0.3) is 5.76 Å². The molecule has 4 nitrogen and oxygen atoms in total. The van der Waals surface area contributed by atoms with Gasteiger partial charge < -0.3 is 5.11 Å². The lowest BCUT2D eigenvalue weighted by Crippen LogP contribution is -1.89. The van der Waals surface area contributed by atoms with Gasteiger partial charge in [0.15, 0.2) is 5.76 Å². The van der Waals surface area contributed by atoms with Crippen molar-refractivity contribution in [3.8, 4) is 0 Å². The normalized spacial score (nSPS) is 11.2. The zero-order valence-corrected chi connectivity index (χ0v) is 6.18. The van der Waals surface area contributed by atoms with E-state index in [1.807, 2.05) is 0 Å². The average Bonchev–Trinajstić information content (AvgIpc) is 2.05. The van der Waals surface area contributed by atoms with Crippen molar-refractivity contribution in [2.24, 2.45) is 0 Å². The zero-order chi connectivity index (χ0) is 8.97. The van der Waals surface area contributed by atoms with Crippen molar-refractivity contribution < 1.29 is 10.0 Å². The Hall–Kier alpha value is -1.84. The number of nitrogens with zero attached hydrogens (tertiary/aromatic N) is 1. The Morgan fingerprint density at radius 2 is 2.00 bits per heavy atom. The predicted octanol–water partition coefficient (Wildman–Crippen LogP) is 1.82. The third-order valence-corrected chi connectivity index (χ3v) is 1.30. The standard InChI is InChI=1S/C8H7NO3/c10-8(6-9(11)12)7-4-2-1-3-5-7/h1-6,10H/b8-6-. The molecule has 0 saturated carbocycles. The Balaban J connectivity index is 2.93. The van der Waals surface area contributed by atoms with Crippen LogP contribution in [-0.4, -0.2) is 10.0 Å². The van der Waals surface area contributed by atoms with Gasteiger partial charge in [0.2, 0.25) is 0 Å². The van der Waals surface area contributed by atoms with Crippen molar-refractivity contribution in [3.63, 3.8) is 0 Å². The molecule has 0 radical (unpaired) electrons. The summed E-state index contributed by atoms with van der Waals surface area (Å²) in [7, 11) is 0. The van der Waals surface area contributed by atoms with Crippen LogP contribution in [0.3, 0.4) is 0 Å². The molecule has 62 valence electrons. The van der Waals surface area contributed by atoms with Crippen LogP contribution in [-0.2, 0) is 0 Å². The Morgan fingerprint density at radius 3 is 2.50 bits per heavy atom. The summed E-state index contributed by atoms with van der Waals surface area (Å²) < 4.78 is 0. The average molecular weight is 165 g/mol. The molecule has 4 heteroatoms. The van der Waals surface area contributed by atoms with Gasteiger partial charge in [-0.3, -0.25) is 10.1 Å². The third-order valence-electron chi connectivity index (χ3n) is 1.30. The Bertz CT molecular complexity index is 305. The molecule has 0 aliphatic carbocycles. The highest BCUT2D eigenvalue weighted by atomic mass is 16.6. The molecule has 0 saturated heterocycles. The first-order valence-electron chi connectivity index (χ1n) is 3.30. The van der Waals surface area contributed by atoms with Crippen molar-refractivity contribution in [3.05, 3.63) is 52.2 Å². The molecule has 1 rings (SSSR count). The summed E-state index contributed by atoms with van der Waals surface area (Å²) in [6.45, 7) is 0. The quantitative estimate of drug-likeness (QED) is 0.413. The van der Waals surface area contributed by atoms with Gasteiger partial charge >= 0.3 is 0 Å². The first kappa shape index (κ1) is 8.26. The molecule has 0 amide bonds. The van der Waals surface area contributed by atoms with Crippen LogP contribution < -0.4 is 0 Å². The lowest BCUT2D eigenvalue weighted by Gasteiger charge is -1.94. The van der Waals surface area contributed by atoms with E-state index in [9.17, 15) is 10.1 Å². The van der Waals surface area contributed by atoms with E-state index in [4.69, 9.17) is 5.11 Å². The van der Waals surface area contributed by atoms with Gasteiger partial charge in [0.1, 0.15) is 0 Å². The fourth-order valence-electron chi connectivity index (χ4n) is 0.783. The first-order chi connectivity index (χ1) is 5.70. The van der Waals surface area contributed by atoms with Gasteiger partial charge in [0.05, 0.1) is 4.92 Å². The van der Waals surface area contributed by atoms with Gasteiger partial charge in [0.25, 0.3) is 6.20 Å². The Kier molecular flexibility index (Phi) is 2.42. The fourth-order valence-corrected chi connectivity index (χ4v) is 0.783. The molecule has 0 unspecified atom stereocenters. The van der Waals surface area contributed by atoms with Crippen LogP contribution in [0.4, 0.5) is 0 Å². The van der Waals surface area contributed by atoms with Crippen LogP contribution in [0.5, 0.6) is 0 Å². The molecule has 0 aliphatic heterocycles. The SMILES string of the molecule is O=[N+]([O-])/C=C(\O)c1ccccc1. The van der Waals surface area contributed by atoms with E-state index in [0.717, 1.165) is 0 Å². The highest BCUT2D eigenvalue weighted by Crippen LogP contribution is 2.09. The van der Waals surface area contributed by atoms with Crippen molar-refractivity contribution in [2.75, 3.05) is 0 Å². The molecule has 0 fully saturated rings. The van der Waals surface area contributed by atoms with Gasteiger partial charge in [-0.1, -0.05) is 30.3 Å². The van der Waals surface area contributed by atoms with Crippen molar-refractivity contribution in [1.82, 2.24) is 0 Å². The third kappa shape index (κ3) is 2.09. The molecule has 12 heavy (non-hydrogen) atoms. The summed E-state index contributed by atoms with van der Waals surface area (Å²) >= 11 is 0. The minimum absolute atomic E-state index is 0.333. The molecular formula is C8H7NO3. The highest BCUT2D eigenvalue weighted by Gasteiger charge is 2.01. The first-order valence-corrected chi connectivity index (χ1v) is 3.30. The maximum Gasteiger partial charge on any atom is 0.276 e. The van der Waals surface area contributed by atoms with E-state index in [2.05, 4.69) is 0 Å². The maximum atomic E-state index is 9.95. The zero-order valence-electron chi connectivity index (χ0n) is 6.18. The van der Waals surface area contributed by atoms with Crippen LogP contribution >= 0.6 is 0 Å². The molecule has 0 spiro atoms. The summed E-state index contributed by atoms with van der Waals surface area (Å²) in [4.78, 5) is 9.26. The Labute approximate surface area is 68.9 Å². The molecule has 1 aromatic carbocycles. The van der Waals surface area contributed by atoms with Crippen molar-refractivity contribution in [2.45, 2.75) is 0 Å². The van der Waals surface area contributed by atoms with Crippen LogP contribution in [0.2, 0.25) is 0 Å². The van der Waals surface area contributed by atoms with E-state index < -0.39 is 4.92 Å². The summed E-state index contributed by atoms with van der Waals surface area (Å²) in [5, 5.41) is 19.1. The lowest BCUT2D eigenvalue weighted by atomic mass is 10.2. The smallest absolute Gasteiger partial charge is 0.276 e. The van der Waals surface area contributed by atoms with Crippen LogP contribution in [0.15, 0.2) is 36.5 Å². The second-order valence-electron chi connectivity index (χ2n) is 2.17. The van der Waals surface area contributed by atoms with E-state index in [1.165, 1.54) is 0 Å². The van der Waals surface area contributed by atoms with Crippen molar-refractivity contribution >= 4 is 5.76 Å². The van der Waals surface area contributed by atoms with Crippen LogP contribution in [0, 0.1) is 10.1 Å². The van der Waals surface area contributed by atoms with Crippen LogP contribution in [0.1, 0.15) is 5.56 Å². The van der Waals surface area contributed by atoms with E-state index >= 15 is 0 Å². The molecule has 0 aromatic heterocycles. The lowest BCUT2D eigenvalue weighted by molar-refractivity contribution is -0.402. The van der Waals surface area contributed by atoms with Gasteiger partial charge in [-0.15, -0.1) is 0 Å². The second kappa shape index (κ2) is 3.52. The molecule has 0 heterocycles. The molecular weight excluding hydrogens is 158 g/mol. The molecule has 0 aliphatic rings. The van der Waals surface area contributed by atoms with Gasteiger partial charge in [-0.25, -0.2) is 0 Å². The Morgan fingerprint density at radius 1 is 1.42 bits per heavy atom. The molecule has 1 aromatic rings. The number of hydrogen-bond acceptors (Lipinski definition) is 3. The van der Waals surface area contributed by atoms with E-state index in [0.29, 0.717) is 11.8 Å². The monoisotopic (exact) mass is 165 g/mol. The maximum absolute atomic E-state index is 9.95. The number of rotatable bonds is 2. The minimum atomic E-state index is -0.692. The fraction of sp³-hybridized carbons (Fsp3) is 0. The second-order valence-corrected chi connectivity index (χ2v) is 2.17. The number of nitro groups is 1. The van der Waals surface area contributed by atoms with E-state index in [-0.39, 0.29) is 5.76 Å².